The summed E-state index contributed by atoms with van der Waals surface area (Å²) in [5, 5.41) is 3.47. The molecule has 0 unspecified atom stereocenters. The minimum Gasteiger partial charge on any atom is -0.352 e. The van der Waals surface area contributed by atoms with Crippen LogP contribution < -0.4 is 9.62 Å². The minimum absolute atomic E-state index is 0.0877. The molecule has 0 aromatic heterocycles. The lowest BCUT2D eigenvalue weighted by molar-refractivity contribution is -0.120. The first-order valence-electron chi connectivity index (χ1n) is 8.70. The number of halogens is 2. The molecular formula is C19H20Cl2N2O3S. The summed E-state index contributed by atoms with van der Waals surface area (Å²) in [6.07, 6.45) is 3.97. The maximum Gasteiger partial charge on any atom is 0.264 e. The van der Waals surface area contributed by atoms with Crippen LogP contribution in [0.2, 0.25) is 10.0 Å². The van der Waals surface area contributed by atoms with Crippen molar-refractivity contribution in [3.8, 4) is 0 Å². The van der Waals surface area contributed by atoms with E-state index in [1.165, 1.54) is 24.3 Å². The number of hydrogen-bond acceptors (Lipinski definition) is 3. The van der Waals surface area contributed by atoms with Crippen LogP contribution in [0.1, 0.15) is 25.7 Å². The molecule has 144 valence electrons. The van der Waals surface area contributed by atoms with Gasteiger partial charge in [0.2, 0.25) is 5.91 Å². The number of amides is 1. The molecule has 2 aromatic carbocycles. The molecule has 1 amide bonds. The quantitative estimate of drug-likeness (QED) is 0.750. The largest absolute Gasteiger partial charge is 0.352 e. The van der Waals surface area contributed by atoms with Gasteiger partial charge < -0.3 is 5.32 Å². The average molecular weight is 427 g/mol. The molecule has 0 atom stereocenters. The third-order valence-corrected chi connectivity index (χ3v) is 6.83. The van der Waals surface area contributed by atoms with Crippen molar-refractivity contribution in [3.05, 3.63) is 58.6 Å². The molecule has 0 saturated heterocycles. The highest BCUT2D eigenvalue weighted by Gasteiger charge is 2.29. The van der Waals surface area contributed by atoms with Crippen molar-refractivity contribution in [3.63, 3.8) is 0 Å². The monoisotopic (exact) mass is 426 g/mol. The first-order valence-corrected chi connectivity index (χ1v) is 10.9. The van der Waals surface area contributed by atoms with Crippen LogP contribution in [0.15, 0.2) is 53.4 Å². The summed E-state index contributed by atoms with van der Waals surface area (Å²) in [5.74, 6) is -0.354. The van der Waals surface area contributed by atoms with Crippen LogP contribution >= 0.6 is 23.2 Å². The number of anilines is 1. The van der Waals surface area contributed by atoms with Gasteiger partial charge >= 0.3 is 0 Å². The second kappa shape index (κ2) is 8.50. The molecule has 0 spiro atoms. The molecule has 1 aliphatic rings. The second-order valence-corrected chi connectivity index (χ2v) is 9.18. The van der Waals surface area contributed by atoms with Gasteiger partial charge in [0.05, 0.1) is 15.6 Å². The first-order chi connectivity index (χ1) is 12.9. The zero-order valence-corrected chi connectivity index (χ0v) is 16.9. The number of nitrogens with zero attached hydrogens (tertiary/aromatic N) is 1. The standard InChI is InChI=1S/C19H20Cl2N2O3S/c20-14-10-11-18(17(21)12-14)23(13-19(24)22-15-6-4-5-7-15)27(25,26)16-8-2-1-3-9-16/h1-3,8-12,15H,4-7,13H2,(H,22,24). The van der Waals surface area contributed by atoms with Crippen molar-refractivity contribution >= 4 is 44.8 Å². The minimum atomic E-state index is -3.97. The van der Waals surface area contributed by atoms with Gasteiger partial charge in [-0.1, -0.05) is 54.2 Å². The second-order valence-electron chi connectivity index (χ2n) is 6.47. The summed E-state index contributed by atoms with van der Waals surface area (Å²) in [6.45, 7) is -0.352. The Hall–Kier alpha value is -1.76. The summed E-state index contributed by atoms with van der Waals surface area (Å²) in [5.41, 5.74) is 0.214. The zero-order chi connectivity index (χ0) is 19.4. The van der Waals surface area contributed by atoms with Crippen molar-refractivity contribution in [2.45, 2.75) is 36.6 Å². The summed E-state index contributed by atoms with van der Waals surface area (Å²) in [4.78, 5) is 12.6. The molecule has 1 saturated carbocycles. The van der Waals surface area contributed by atoms with Gasteiger partial charge in [-0.15, -0.1) is 0 Å². The number of hydrogen-bond donors (Lipinski definition) is 1. The van der Waals surface area contributed by atoms with Crippen molar-refractivity contribution in [1.82, 2.24) is 5.32 Å². The summed E-state index contributed by atoms with van der Waals surface area (Å²) in [7, 11) is -3.97. The lowest BCUT2D eigenvalue weighted by atomic mass is 10.2. The van der Waals surface area contributed by atoms with E-state index in [-0.39, 0.29) is 34.1 Å². The van der Waals surface area contributed by atoms with Crippen LogP contribution in [0, 0.1) is 0 Å². The molecule has 5 nitrogen and oxygen atoms in total. The van der Waals surface area contributed by atoms with E-state index in [2.05, 4.69) is 5.32 Å². The molecule has 1 aliphatic carbocycles. The highest BCUT2D eigenvalue weighted by molar-refractivity contribution is 7.92. The van der Waals surface area contributed by atoms with Crippen molar-refractivity contribution in [2.24, 2.45) is 0 Å². The Bertz CT molecular complexity index is 914. The smallest absolute Gasteiger partial charge is 0.264 e. The Labute approximate surface area is 169 Å². The number of sulfonamides is 1. The molecule has 0 heterocycles. The fourth-order valence-corrected chi connectivity index (χ4v) is 5.20. The molecule has 0 aliphatic heterocycles. The Balaban J connectivity index is 1.94. The number of rotatable bonds is 6. The van der Waals surface area contributed by atoms with E-state index in [9.17, 15) is 13.2 Å². The van der Waals surface area contributed by atoms with Gasteiger partial charge in [0.25, 0.3) is 10.0 Å². The van der Waals surface area contributed by atoms with Gasteiger partial charge in [-0.25, -0.2) is 8.42 Å². The number of carbonyl (C=O) groups excluding carboxylic acids is 1. The van der Waals surface area contributed by atoms with E-state index in [4.69, 9.17) is 23.2 Å². The maximum absolute atomic E-state index is 13.2. The zero-order valence-electron chi connectivity index (χ0n) is 14.6. The molecule has 3 rings (SSSR count). The molecule has 2 aromatic rings. The van der Waals surface area contributed by atoms with E-state index in [0.717, 1.165) is 30.0 Å². The molecular weight excluding hydrogens is 407 g/mol. The van der Waals surface area contributed by atoms with Crippen molar-refractivity contribution < 1.29 is 13.2 Å². The van der Waals surface area contributed by atoms with Gasteiger partial charge in [0.15, 0.2) is 0 Å². The Morgan fingerprint density at radius 2 is 1.74 bits per heavy atom. The van der Waals surface area contributed by atoms with Crippen LogP contribution in [0.5, 0.6) is 0 Å². The molecule has 0 bridgehead atoms. The SMILES string of the molecule is O=C(CN(c1ccc(Cl)cc1Cl)S(=O)(=O)c1ccccc1)NC1CCCC1. The fraction of sp³-hybridized carbons (Fsp3) is 0.316. The van der Waals surface area contributed by atoms with E-state index >= 15 is 0 Å². The lowest BCUT2D eigenvalue weighted by Gasteiger charge is -2.25. The highest BCUT2D eigenvalue weighted by Crippen LogP contribution is 2.32. The summed E-state index contributed by atoms with van der Waals surface area (Å²) >= 11 is 12.2. The van der Waals surface area contributed by atoms with E-state index in [1.54, 1.807) is 24.3 Å². The van der Waals surface area contributed by atoms with Gasteiger partial charge in [0, 0.05) is 11.1 Å². The van der Waals surface area contributed by atoms with Crippen LogP contribution in [0.25, 0.3) is 0 Å². The van der Waals surface area contributed by atoms with Gasteiger partial charge in [0.1, 0.15) is 6.54 Å². The average Bonchev–Trinajstić information content (AvgIpc) is 3.14. The Kier molecular flexibility index (Phi) is 6.29. The van der Waals surface area contributed by atoms with E-state index < -0.39 is 10.0 Å². The van der Waals surface area contributed by atoms with E-state index in [0.29, 0.717) is 5.02 Å². The molecule has 1 N–H and O–H groups in total. The van der Waals surface area contributed by atoms with Gasteiger partial charge in [-0.3, -0.25) is 9.10 Å². The Morgan fingerprint density at radius 3 is 2.37 bits per heavy atom. The topological polar surface area (TPSA) is 66.5 Å². The lowest BCUT2D eigenvalue weighted by Crippen LogP contribution is -2.43. The molecule has 27 heavy (non-hydrogen) atoms. The van der Waals surface area contributed by atoms with Crippen LogP contribution in [0.4, 0.5) is 5.69 Å². The van der Waals surface area contributed by atoms with Crippen molar-refractivity contribution in [2.75, 3.05) is 10.8 Å². The number of carbonyl (C=O) groups is 1. The molecule has 1 fully saturated rings. The predicted molar refractivity (Wildman–Crippen MR) is 108 cm³/mol. The molecule has 8 heteroatoms. The van der Waals surface area contributed by atoms with Crippen LogP contribution in [0.3, 0.4) is 0 Å². The fourth-order valence-electron chi connectivity index (χ4n) is 3.18. The predicted octanol–water partition coefficient (Wildman–Crippen LogP) is 4.25. The van der Waals surface area contributed by atoms with Crippen LogP contribution in [-0.4, -0.2) is 26.9 Å². The van der Waals surface area contributed by atoms with Crippen LogP contribution in [-0.2, 0) is 14.8 Å². The number of nitrogens with one attached hydrogen (secondary N) is 1. The first kappa shape index (κ1) is 20.0. The summed E-state index contributed by atoms with van der Waals surface area (Å²) < 4.78 is 27.4. The number of benzene rings is 2. The van der Waals surface area contributed by atoms with E-state index in [1.807, 2.05) is 0 Å². The van der Waals surface area contributed by atoms with Gasteiger partial charge in [-0.2, -0.15) is 0 Å². The molecule has 0 radical (unpaired) electrons. The third-order valence-electron chi connectivity index (χ3n) is 4.52. The Morgan fingerprint density at radius 1 is 1.07 bits per heavy atom. The highest BCUT2D eigenvalue weighted by atomic mass is 35.5. The van der Waals surface area contributed by atoms with Gasteiger partial charge in [-0.05, 0) is 43.2 Å². The normalized spacial score (nSPS) is 14.9. The third kappa shape index (κ3) is 4.75. The maximum atomic E-state index is 13.2. The van der Waals surface area contributed by atoms with Crippen molar-refractivity contribution in [1.29, 1.82) is 0 Å². The summed E-state index contributed by atoms with van der Waals surface area (Å²) in [6, 6.07) is 12.6.